The van der Waals surface area contributed by atoms with Crippen LogP contribution in [0.4, 0.5) is 0 Å². The summed E-state index contributed by atoms with van der Waals surface area (Å²) in [6.07, 6.45) is -0.311. The molecule has 0 aliphatic heterocycles. The fourth-order valence-electron chi connectivity index (χ4n) is 1.54. The maximum absolute atomic E-state index is 9.29. The summed E-state index contributed by atoms with van der Waals surface area (Å²) in [5.74, 6) is 0. The summed E-state index contributed by atoms with van der Waals surface area (Å²) >= 11 is 1.71. The zero-order valence-corrected chi connectivity index (χ0v) is 9.50. The molecule has 0 spiro atoms. The third-order valence-electron chi connectivity index (χ3n) is 2.18. The van der Waals surface area contributed by atoms with Crippen molar-refractivity contribution in [1.29, 1.82) is 0 Å². The third-order valence-corrected chi connectivity index (χ3v) is 3.15. The van der Waals surface area contributed by atoms with E-state index in [0.717, 1.165) is 0 Å². The van der Waals surface area contributed by atoms with Crippen molar-refractivity contribution in [2.24, 2.45) is 5.73 Å². The van der Waals surface area contributed by atoms with Gasteiger partial charge in [0.15, 0.2) is 0 Å². The minimum Gasteiger partial charge on any atom is -0.392 e. The molecule has 0 saturated carbocycles. The highest BCUT2D eigenvalue weighted by Crippen LogP contribution is 2.22. The molecule has 0 amide bonds. The fraction of sp³-hybridized carbons (Fsp3) is 0.600. The number of aliphatic hydroxyl groups excluding tert-OH is 1. The number of nitrogens with two attached hydrogens (primary N) is 1. The first-order valence-corrected chi connectivity index (χ1v) is 5.65. The Hall–Kier alpha value is -0.420. The van der Waals surface area contributed by atoms with Gasteiger partial charge in [0.25, 0.3) is 0 Å². The molecule has 0 aromatic carbocycles. The predicted octanol–water partition coefficient (Wildman–Crippen LogP) is 1.06. The van der Waals surface area contributed by atoms with Crippen LogP contribution in [0.25, 0.3) is 0 Å². The number of likely N-dealkylation sites (N-methyl/N-ethyl adjacent to an activating group) is 1. The van der Waals surface area contributed by atoms with Crippen molar-refractivity contribution >= 4 is 11.3 Å². The van der Waals surface area contributed by atoms with E-state index in [0.29, 0.717) is 13.1 Å². The zero-order valence-electron chi connectivity index (χ0n) is 8.68. The molecule has 1 rings (SSSR count). The number of thiophene rings is 1. The normalized spacial score (nSPS) is 15.8. The van der Waals surface area contributed by atoms with Crippen LogP contribution < -0.4 is 5.73 Å². The van der Waals surface area contributed by atoms with Gasteiger partial charge < -0.3 is 10.8 Å². The summed E-state index contributed by atoms with van der Waals surface area (Å²) in [7, 11) is 1.99. The van der Waals surface area contributed by atoms with Crippen molar-refractivity contribution < 1.29 is 5.11 Å². The van der Waals surface area contributed by atoms with E-state index in [-0.39, 0.29) is 12.1 Å². The molecule has 0 saturated heterocycles. The summed E-state index contributed by atoms with van der Waals surface area (Å²) in [6, 6.07) is 4.34. The van der Waals surface area contributed by atoms with E-state index in [2.05, 4.69) is 11.0 Å². The number of rotatable bonds is 5. The number of aliphatic hydroxyl groups is 1. The minimum atomic E-state index is -0.311. The number of nitrogens with zero attached hydrogens (tertiary/aromatic N) is 1. The monoisotopic (exact) mass is 214 g/mol. The SMILES string of the molecule is CC(O)CN(C)C(CN)c1cccs1. The summed E-state index contributed by atoms with van der Waals surface area (Å²) in [6.45, 7) is 3.03. The van der Waals surface area contributed by atoms with Crippen LogP contribution in [0.3, 0.4) is 0 Å². The maximum Gasteiger partial charge on any atom is 0.0639 e. The van der Waals surface area contributed by atoms with Gasteiger partial charge in [0.2, 0.25) is 0 Å². The first-order valence-electron chi connectivity index (χ1n) is 4.77. The Morgan fingerprint density at radius 3 is 2.79 bits per heavy atom. The Kier molecular flexibility index (Phi) is 4.54. The summed E-state index contributed by atoms with van der Waals surface area (Å²) in [4.78, 5) is 3.35. The van der Waals surface area contributed by atoms with E-state index in [1.165, 1.54) is 4.88 Å². The molecule has 0 fully saturated rings. The van der Waals surface area contributed by atoms with Crippen molar-refractivity contribution in [2.45, 2.75) is 19.1 Å². The van der Waals surface area contributed by atoms with Gasteiger partial charge >= 0.3 is 0 Å². The average molecular weight is 214 g/mol. The Labute approximate surface area is 89.2 Å². The maximum atomic E-state index is 9.29. The Bertz CT molecular complexity index is 249. The van der Waals surface area contributed by atoms with Crippen molar-refractivity contribution in [3.8, 4) is 0 Å². The van der Waals surface area contributed by atoms with E-state index in [1.807, 2.05) is 18.5 Å². The van der Waals surface area contributed by atoms with Crippen molar-refractivity contribution in [3.63, 3.8) is 0 Å². The lowest BCUT2D eigenvalue weighted by atomic mass is 10.2. The molecule has 2 unspecified atom stereocenters. The van der Waals surface area contributed by atoms with E-state index < -0.39 is 0 Å². The van der Waals surface area contributed by atoms with Crippen LogP contribution >= 0.6 is 11.3 Å². The molecule has 1 heterocycles. The quantitative estimate of drug-likeness (QED) is 0.770. The van der Waals surface area contributed by atoms with E-state index in [1.54, 1.807) is 18.3 Å². The lowest BCUT2D eigenvalue weighted by Crippen LogP contribution is -2.34. The van der Waals surface area contributed by atoms with Crippen LogP contribution in [-0.4, -0.2) is 36.2 Å². The molecule has 14 heavy (non-hydrogen) atoms. The Balaban J connectivity index is 2.62. The topological polar surface area (TPSA) is 49.5 Å². The first-order chi connectivity index (χ1) is 6.65. The molecule has 0 bridgehead atoms. The summed E-state index contributed by atoms with van der Waals surface area (Å²) in [5.41, 5.74) is 5.72. The first kappa shape index (κ1) is 11.7. The molecule has 0 aliphatic rings. The van der Waals surface area contributed by atoms with Gasteiger partial charge in [-0.15, -0.1) is 11.3 Å². The molecular formula is C10H18N2OS. The molecule has 3 nitrogen and oxygen atoms in total. The van der Waals surface area contributed by atoms with E-state index >= 15 is 0 Å². The summed E-state index contributed by atoms with van der Waals surface area (Å²) < 4.78 is 0. The van der Waals surface area contributed by atoms with Crippen LogP contribution in [0.15, 0.2) is 17.5 Å². The number of hydrogen-bond donors (Lipinski definition) is 2. The molecule has 1 aromatic heterocycles. The summed E-state index contributed by atoms with van der Waals surface area (Å²) in [5, 5.41) is 11.3. The molecule has 80 valence electrons. The van der Waals surface area contributed by atoms with Crippen LogP contribution in [0, 0.1) is 0 Å². The van der Waals surface area contributed by atoms with Gasteiger partial charge in [0.05, 0.1) is 12.1 Å². The van der Waals surface area contributed by atoms with Gasteiger partial charge in [-0.25, -0.2) is 0 Å². The third kappa shape index (κ3) is 3.06. The smallest absolute Gasteiger partial charge is 0.0639 e. The lowest BCUT2D eigenvalue weighted by Gasteiger charge is -2.27. The second kappa shape index (κ2) is 5.46. The van der Waals surface area contributed by atoms with Crippen LogP contribution in [-0.2, 0) is 0 Å². The van der Waals surface area contributed by atoms with Gasteiger partial charge in [-0.2, -0.15) is 0 Å². The van der Waals surface area contributed by atoms with Crippen molar-refractivity contribution in [1.82, 2.24) is 4.90 Å². The van der Waals surface area contributed by atoms with Gasteiger partial charge in [-0.05, 0) is 25.4 Å². The lowest BCUT2D eigenvalue weighted by molar-refractivity contribution is 0.120. The molecule has 1 aromatic rings. The van der Waals surface area contributed by atoms with Crippen molar-refractivity contribution in [3.05, 3.63) is 22.4 Å². The highest BCUT2D eigenvalue weighted by Gasteiger charge is 2.17. The highest BCUT2D eigenvalue weighted by molar-refractivity contribution is 7.10. The Morgan fingerprint density at radius 2 is 2.36 bits per heavy atom. The molecule has 0 aliphatic carbocycles. The molecule has 0 radical (unpaired) electrons. The van der Waals surface area contributed by atoms with E-state index in [9.17, 15) is 5.11 Å². The van der Waals surface area contributed by atoms with Gasteiger partial charge in [0.1, 0.15) is 0 Å². The molecule has 2 atom stereocenters. The average Bonchev–Trinajstić information content (AvgIpc) is 2.57. The standard InChI is InChI=1S/C10H18N2OS/c1-8(13)7-12(2)9(6-11)10-4-3-5-14-10/h3-5,8-9,13H,6-7,11H2,1-2H3. The van der Waals surface area contributed by atoms with Crippen molar-refractivity contribution in [2.75, 3.05) is 20.1 Å². The fourth-order valence-corrected chi connectivity index (χ4v) is 2.44. The minimum absolute atomic E-state index is 0.226. The van der Waals surface area contributed by atoms with Crippen LogP contribution in [0.5, 0.6) is 0 Å². The molecule has 4 heteroatoms. The van der Waals surface area contributed by atoms with Gasteiger partial charge in [0, 0.05) is 18.0 Å². The van der Waals surface area contributed by atoms with E-state index in [4.69, 9.17) is 5.73 Å². The second-order valence-corrected chi connectivity index (χ2v) is 4.53. The van der Waals surface area contributed by atoms with Gasteiger partial charge in [-0.3, -0.25) is 4.90 Å². The largest absolute Gasteiger partial charge is 0.392 e. The zero-order chi connectivity index (χ0) is 10.6. The molecular weight excluding hydrogens is 196 g/mol. The Morgan fingerprint density at radius 1 is 1.64 bits per heavy atom. The predicted molar refractivity (Wildman–Crippen MR) is 60.4 cm³/mol. The second-order valence-electron chi connectivity index (χ2n) is 3.56. The van der Waals surface area contributed by atoms with Crippen LogP contribution in [0.1, 0.15) is 17.8 Å². The molecule has 3 N–H and O–H groups in total. The number of hydrogen-bond acceptors (Lipinski definition) is 4. The van der Waals surface area contributed by atoms with Gasteiger partial charge in [-0.1, -0.05) is 6.07 Å². The highest BCUT2D eigenvalue weighted by atomic mass is 32.1. The van der Waals surface area contributed by atoms with Crippen LogP contribution in [0.2, 0.25) is 0 Å².